The second-order valence-electron chi connectivity index (χ2n) is 6.31. The van der Waals surface area contributed by atoms with Crippen molar-refractivity contribution in [3.05, 3.63) is 75.8 Å². The molecule has 0 fully saturated rings. The van der Waals surface area contributed by atoms with Gasteiger partial charge in [-0.05, 0) is 42.0 Å². The molecule has 0 saturated carbocycles. The Morgan fingerprint density at radius 2 is 1.85 bits per heavy atom. The molecule has 3 aromatic rings. The number of aromatic amines is 1. The molecule has 0 atom stereocenters. The molecule has 0 spiro atoms. The number of aromatic nitrogens is 1. The van der Waals surface area contributed by atoms with Gasteiger partial charge in [0.25, 0.3) is 5.56 Å². The summed E-state index contributed by atoms with van der Waals surface area (Å²) in [6.07, 6.45) is 0.320. The Morgan fingerprint density at radius 3 is 2.52 bits per heavy atom. The number of carbonyl (C=O) groups is 1. The van der Waals surface area contributed by atoms with Crippen LogP contribution in [0.4, 0.5) is 4.39 Å². The van der Waals surface area contributed by atoms with Gasteiger partial charge in [0.05, 0.1) is 13.7 Å². The lowest BCUT2D eigenvalue weighted by Gasteiger charge is -2.22. The van der Waals surface area contributed by atoms with Crippen LogP contribution in [0, 0.1) is 5.82 Å². The molecule has 0 aliphatic rings. The fourth-order valence-electron chi connectivity index (χ4n) is 2.95. The zero-order chi connectivity index (χ0) is 19.4. The van der Waals surface area contributed by atoms with Gasteiger partial charge in [-0.1, -0.05) is 19.1 Å². The van der Waals surface area contributed by atoms with Crippen molar-refractivity contribution in [3.8, 4) is 5.75 Å². The Balaban J connectivity index is 1.92. The summed E-state index contributed by atoms with van der Waals surface area (Å²) in [5.41, 5.74) is 1.76. The van der Waals surface area contributed by atoms with Crippen molar-refractivity contribution < 1.29 is 13.9 Å². The Morgan fingerprint density at radius 1 is 1.11 bits per heavy atom. The molecule has 1 heterocycles. The quantitative estimate of drug-likeness (QED) is 0.723. The minimum Gasteiger partial charge on any atom is -0.497 e. The van der Waals surface area contributed by atoms with Crippen molar-refractivity contribution in [2.24, 2.45) is 0 Å². The first-order valence-corrected chi connectivity index (χ1v) is 8.72. The Labute approximate surface area is 156 Å². The molecule has 6 heteroatoms. The molecule has 0 unspecified atom stereocenters. The zero-order valence-electron chi connectivity index (χ0n) is 15.3. The fraction of sp³-hybridized carbons (Fsp3) is 0.238. The van der Waals surface area contributed by atoms with Crippen molar-refractivity contribution in [1.82, 2.24) is 9.88 Å². The number of halogens is 1. The number of rotatable bonds is 6. The van der Waals surface area contributed by atoms with Crippen LogP contribution in [0.25, 0.3) is 10.9 Å². The summed E-state index contributed by atoms with van der Waals surface area (Å²) in [4.78, 5) is 29.3. The van der Waals surface area contributed by atoms with Gasteiger partial charge in [0.1, 0.15) is 11.6 Å². The molecule has 1 aromatic heterocycles. The highest BCUT2D eigenvalue weighted by molar-refractivity contribution is 5.81. The zero-order valence-corrected chi connectivity index (χ0v) is 15.3. The largest absolute Gasteiger partial charge is 0.497 e. The predicted octanol–water partition coefficient (Wildman–Crippen LogP) is 3.61. The Bertz CT molecular complexity index is 1010. The number of amides is 1. The number of nitrogens with zero attached hydrogens (tertiary/aromatic N) is 1. The second kappa shape index (κ2) is 8.03. The monoisotopic (exact) mass is 368 g/mol. The number of pyridine rings is 1. The van der Waals surface area contributed by atoms with Crippen molar-refractivity contribution >= 4 is 16.8 Å². The molecule has 2 aromatic carbocycles. The van der Waals surface area contributed by atoms with Crippen LogP contribution in [0.1, 0.15) is 24.5 Å². The third kappa shape index (κ3) is 4.34. The van der Waals surface area contributed by atoms with E-state index in [-0.39, 0.29) is 23.8 Å². The summed E-state index contributed by atoms with van der Waals surface area (Å²) in [5, 5.41) is 0.828. The van der Waals surface area contributed by atoms with E-state index >= 15 is 0 Å². The highest BCUT2D eigenvalue weighted by Gasteiger charge is 2.15. The van der Waals surface area contributed by atoms with Gasteiger partial charge in [0, 0.05) is 29.4 Å². The number of H-pyrrole nitrogens is 1. The first kappa shape index (κ1) is 18.6. The van der Waals surface area contributed by atoms with E-state index in [2.05, 4.69) is 4.98 Å². The minimum absolute atomic E-state index is 0.0792. The Kier molecular flexibility index (Phi) is 5.54. The van der Waals surface area contributed by atoms with E-state index in [1.807, 2.05) is 6.07 Å². The summed E-state index contributed by atoms with van der Waals surface area (Å²) in [6.45, 7) is 2.25. The van der Waals surface area contributed by atoms with E-state index in [1.165, 1.54) is 12.1 Å². The summed E-state index contributed by atoms with van der Waals surface area (Å²) < 4.78 is 18.4. The smallest absolute Gasteiger partial charge is 0.253 e. The molecule has 0 radical (unpaired) electrons. The van der Waals surface area contributed by atoms with Gasteiger partial charge in [-0.3, -0.25) is 9.59 Å². The molecule has 0 saturated heterocycles. The van der Waals surface area contributed by atoms with Crippen LogP contribution < -0.4 is 10.3 Å². The summed E-state index contributed by atoms with van der Waals surface area (Å²) in [6, 6.07) is 13.2. The maximum Gasteiger partial charge on any atom is 0.253 e. The van der Waals surface area contributed by atoms with Gasteiger partial charge in [-0.25, -0.2) is 4.39 Å². The van der Waals surface area contributed by atoms with Gasteiger partial charge in [0.15, 0.2) is 0 Å². The highest BCUT2D eigenvalue weighted by Crippen LogP contribution is 2.20. The van der Waals surface area contributed by atoms with Crippen LogP contribution in [0.3, 0.4) is 0 Å². The molecule has 1 N–H and O–H groups in total. The topological polar surface area (TPSA) is 62.4 Å². The third-order valence-electron chi connectivity index (χ3n) is 4.43. The van der Waals surface area contributed by atoms with Crippen LogP contribution in [-0.4, -0.2) is 22.9 Å². The number of hydrogen-bond donors (Lipinski definition) is 1. The van der Waals surface area contributed by atoms with E-state index in [1.54, 1.807) is 49.3 Å². The van der Waals surface area contributed by atoms with E-state index in [0.29, 0.717) is 29.8 Å². The van der Waals surface area contributed by atoms with Crippen molar-refractivity contribution in [3.63, 3.8) is 0 Å². The molecule has 0 aliphatic heterocycles. The van der Waals surface area contributed by atoms with E-state index in [4.69, 9.17) is 4.74 Å². The van der Waals surface area contributed by atoms with Gasteiger partial charge in [0.2, 0.25) is 5.91 Å². The SMILES string of the molecule is CCC(=O)N(Cc1ccc(F)cc1)Cc1cc2cc(OC)ccc2[nH]c1=O. The average molecular weight is 368 g/mol. The molecular weight excluding hydrogens is 347 g/mol. The van der Waals surface area contributed by atoms with Gasteiger partial charge in [-0.15, -0.1) is 0 Å². The maximum atomic E-state index is 13.1. The van der Waals surface area contributed by atoms with Crippen LogP contribution in [0.15, 0.2) is 53.3 Å². The molecule has 0 aliphatic carbocycles. The standard InChI is InChI=1S/C21H21FN2O3/c1-3-20(25)24(12-14-4-6-17(22)7-5-14)13-16-10-15-11-18(27-2)8-9-19(15)23-21(16)26/h4-11H,3,12-13H2,1-2H3,(H,23,26). The first-order chi connectivity index (χ1) is 13.0. The van der Waals surface area contributed by atoms with E-state index in [0.717, 1.165) is 10.9 Å². The minimum atomic E-state index is -0.327. The van der Waals surface area contributed by atoms with E-state index in [9.17, 15) is 14.0 Å². The summed E-state index contributed by atoms with van der Waals surface area (Å²) >= 11 is 0. The van der Waals surface area contributed by atoms with Gasteiger partial charge >= 0.3 is 0 Å². The van der Waals surface area contributed by atoms with Crippen LogP contribution in [0.2, 0.25) is 0 Å². The lowest BCUT2D eigenvalue weighted by Crippen LogP contribution is -2.31. The fourth-order valence-corrected chi connectivity index (χ4v) is 2.95. The number of hydrogen-bond acceptors (Lipinski definition) is 3. The van der Waals surface area contributed by atoms with Crippen molar-refractivity contribution in [2.45, 2.75) is 26.4 Å². The Hall–Kier alpha value is -3.15. The molecule has 5 nitrogen and oxygen atoms in total. The number of fused-ring (bicyclic) bond motifs is 1. The normalized spacial score (nSPS) is 10.8. The number of ether oxygens (including phenoxy) is 1. The van der Waals surface area contributed by atoms with E-state index < -0.39 is 0 Å². The lowest BCUT2D eigenvalue weighted by atomic mass is 10.1. The lowest BCUT2D eigenvalue weighted by molar-refractivity contribution is -0.132. The van der Waals surface area contributed by atoms with Crippen LogP contribution in [-0.2, 0) is 17.9 Å². The molecule has 27 heavy (non-hydrogen) atoms. The van der Waals surface area contributed by atoms with Crippen LogP contribution in [0.5, 0.6) is 5.75 Å². The highest BCUT2D eigenvalue weighted by atomic mass is 19.1. The van der Waals surface area contributed by atoms with Crippen LogP contribution >= 0.6 is 0 Å². The average Bonchev–Trinajstić information content (AvgIpc) is 2.68. The molecule has 1 amide bonds. The summed E-state index contributed by atoms with van der Waals surface area (Å²) in [5.74, 6) is 0.282. The number of methoxy groups -OCH3 is 1. The predicted molar refractivity (Wildman–Crippen MR) is 102 cm³/mol. The maximum absolute atomic E-state index is 13.1. The number of carbonyl (C=O) groups excluding carboxylic acids is 1. The molecule has 140 valence electrons. The summed E-state index contributed by atoms with van der Waals surface area (Å²) in [7, 11) is 1.58. The molecule has 0 bridgehead atoms. The van der Waals surface area contributed by atoms with Crippen molar-refractivity contribution in [1.29, 1.82) is 0 Å². The first-order valence-electron chi connectivity index (χ1n) is 8.72. The molecule has 3 rings (SSSR count). The number of benzene rings is 2. The third-order valence-corrected chi connectivity index (χ3v) is 4.43. The van der Waals surface area contributed by atoms with Crippen molar-refractivity contribution in [2.75, 3.05) is 7.11 Å². The number of nitrogens with one attached hydrogen (secondary N) is 1. The molecular formula is C21H21FN2O3. The van der Waals surface area contributed by atoms with Gasteiger partial charge in [-0.2, -0.15) is 0 Å². The van der Waals surface area contributed by atoms with Gasteiger partial charge < -0.3 is 14.6 Å². The second-order valence-corrected chi connectivity index (χ2v) is 6.31.